The SMILES string of the molecule is CCOc1ccc(N[C@@H](C)C(=O)N/N=C\c2ccccc2Cl)cc1. The second-order valence-corrected chi connectivity index (χ2v) is 5.49. The summed E-state index contributed by atoms with van der Waals surface area (Å²) >= 11 is 6.02. The summed E-state index contributed by atoms with van der Waals surface area (Å²) in [5.74, 6) is 0.552. The van der Waals surface area contributed by atoms with Crippen molar-refractivity contribution in [1.82, 2.24) is 5.43 Å². The summed E-state index contributed by atoms with van der Waals surface area (Å²) in [5, 5.41) is 7.62. The number of hydrazone groups is 1. The van der Waals surface area contributed by atoms with E-state index in [0.29, 0.717) is 11.6 Å². The summed E-state index contributed by atoms with van der Waals surface area (Å²) in [4.78, 5) is 12.0. The number of carbonyl (C=O) groups excluding carboxylic acids is 1. The third-order valence-corrected chi connectivity index (χ3v) is 3.57. The Labute approximate surface area is 146 Å². The Morgan fingerprint density at radius 1 is 1.25 bits per heavy atom. The molecular weight excluding hydrogens is 326 g/mol. The molecule has 0 saturated carbocycles. The van der Waals surface area contributed by atoms with Crippen molar-refractivity contribution in [3.8, 4) is 5.75 Å². The smallest absolute Gasteiger partial charge is 0.262 e. The van der Waals surface area contributed by atoms with Gasteiger partial charge in [0.2, 0.25) is 0 Å². The minimum absolute atomic E-state index is 0.243. The number of ether oxygens (including phenoxy) is 1. The van der Waals surface area contributed by atoms with Crippen LogP contribution in [0.2, 0.25) is 5.02 Å². The maximum atomic E-state index is 12.0. The van der Waals surface area contributed by atoms with Gasteiger partial charge in [0.15, 0.2) is 0 Å². The molecule has 0 spiro atoms. The van der Waals surface area contributed by atoms with E-state index in [0.717, 1.165) is 17.0 Å². The van der Waals surface area contributed by atoms with Crippen LogP contribution in [-0.2, 0) is 4.79 Å². The molecule has 0 unspecified atom stereocenters. The predicted molar refractivity (Wildman–Crippen MR) is 97.9 cm³/mol. The van der Waals surface area contributed by atoms with Crippen molar-refractivity contribution in [2.24, 2.45) is 5.10 Å². The van der Waals surface area contributed by atoms with E-state index in [1.807, 2.05) is 49.4 Å². The van der Waals surface area contributed by atoms with Gasteiger partial charge in [-0.3, -0.25) is 4.79 Å². The van der Waals surface area contributed by atoms with E-state index in [4.69, 9.17) is 16.3 Å². The second kappa shape index (κ2) is 8.93. The molecule has 1 atom stereocenters. The molecule has 126 valence electrons. The molecule has 24 heavy (non-hydrogen) atoms. The Balaban J connectivity index is 1.86. The fraction of sp³-hybridized carbons (Fsp3) is 0.222. The van der Waals surface area contributed by atoms with Gasteiger partial charge in [0, 0.05) is 16.3 Å². The molecule has 0 aliphatic heterocycles. The zero-order valence-corrected chi connectivity index (χ0v) is 14.4. The summed E-state index contributed by atoms with van der Waals surface area (Å²) in [6.07, 6.45) is 1.52. The number of nitrogens with zero attached hydrogens (tertiary/aromatic N) is 1. The molecule has 0 heterocycles. The first-order valence-corrected chi connectivity index (χ1v) is 8.04. The molecule has 0 bridgehead atoms. The van der Waals surface area contributed by atoms with Crippen LogP contribution in [0.1, 0.15) is 19.4 Å². The Morgan fingerprint density at radius 3 is 2.62 bits per heavy atom. The van der Waals surface area contributed by atoms with Crippen LogP contribution in [0.3, 0.4) is 0 Å². The Hall–Kier alpha value is -2.53. The molecule has 0 aliphatic rings. The summed E-state index contributed by atoms with van der Waals surface area (Å²) in [6.45, 7) is 4.31. The lowest BCUT2D eigenvalue weighted by molar-refractivity contribution is -0.121. The van der Waals surface area contributed by atoms with Crippen molar-refractivity contribution in [1.29, 1.82) is 0 Å². The first kappa shape index (κ1) is 17.8. The fourth-order valence-electron chi connectivity index (χ4n) is 1.97. The second-order valence-electron chi connectivity index (χ2n) is 5.08. The van der Waals surface area contributed by atoms with Crippen LogP contribution in [0.4, 0.5) is 5.69 Å². The first-order chi connectivity index (χ1) is 11.6. The van der Waals surface area contributed by atoms with E-state index in [1.165, 1.54) is 6.21 Å². The van der Waals surface area contributed by atoms with Gasteiger partial charge in [-0.25, -0.2) is 5.43 Å². The van der Waals surface area contributed by atoms with Crippen molar-refractivity contribution >= 4 is 29.4 Å². The van der Waals surface area contributed by atoms with Crippen molar-refractivity contribution in [3.05, 3.63) is 59.1 Å². The summed E-state index contributed by atoms with van der Waals surface area (Å²) in [7, 11) is 0. The van der Waals surface area contributed by atoms with Crippen LogP contribution < -0.4 is 15.5 Å². The highest BCUT2D eigenvalue weighted by atomic mass is 35.5. The minimum atomic E-state index is -0.439. The summed E-state index contributed by atoms with van der Waals surface area (Å²) in [5.41, 5.74) is 4.07. The average molecular weight is 346 g/mol. The monoisotopic (exact) mass is 345 g/mol. The maximum absolute atomic E-state index is 12.0. The van der Waals surface area contributed by atoms with Crippen molar-refractivity contribution < 1.29 is 9.53 Å². The van der Waals surface area contributed by atoms with Gasteiger partial charge in [0.1, 0.15) is 11.8 Å². The molecule has 1 amide bonds. The van der Waals surface area contributed by atoms with Gasteiger partial charge < -0.3 is 10.1 Å². The van der Waals surface area contributed by atoms with E-state index >= 15 is 0 Å². The maximum Gasteiger partial charge on any atom is 0.262 e. The number of carbonyl (C=O) groups is 1. The molecule has 5 nitrogen and oxygen atoms in total. The Kier molecular flexibility index (Phi) is 6.63. The number of anilines is 1. The highest BCUT2D eigenvalue weighted by molar-refractivity contribution is 6.33. The van der Waals surface area contributed by atoms with Crippen molar-refractivity contribution in [2.75, 3.05) is 11.9 Å². The Morgan fingerprint density at radius 2 is 1.96 bits per heavy atom. The fourth-order valence-corrected chi connectivity index (χ4v) is 2.16. The lowest BCUT2D eigenvalue weighted by Gasteiger charge is -2.14. The lowest BCUT2D eigenvalue weighted by Crippen LogP contribution is -2.34. The van der Waals surface area contributed by atoms with Crippen molar-refractivity contribution in [3.63, 3.8) is 0 Å². The highest BCUT2D eigenvalue weighted by Gasteiger charge is 2.11. The number of benzene rings is 2. The predicted octanol–water partition coefficient (Wildman–Crippen LogP) is 3.69. The molecule has 0 aromatic heterocycles. The lowest BCUT2D eigenvalue weighted by atomic mass is 10.2. The zero-order valence-electron chi connectivity index (χ0n) is 13.6. The topological polar surface area (TPSA) is 62.7 Å². The van der Waals surface area contributed by atoms with Crippen LogP contribution >= 0.6 is 11.6 Å². The van der Waals surface area contributed by atoms with Gasteiger partial charge >= 0.3 is 0 Å². The number of rotatable bonds is 7. The van der Waals surface area contributed by atoms with E-state index in [-0.39, 0.29) is 5.91 Å². The van der Waals surface area contributed by atoms with E-state index in [2.05, 4.69) is 15.8 Å². The molecule has 6 heteroatoms. The van der Waals surface area contributed by atoms with Crippen molar-refractivity contribution in [2.45, 2.75) is 19.9 Å². The van der Waals surface area contributed by atoms with Gasteiger partial charge in [-0.2, -0.15) is 5.10 Å². The highest BCUT2D eigenvalue weighted by Crippen LogP contribution is 2.16. The van der Waals surface area contributed by atoms with Gasteiger partial charge in [-0.1, -0.05) is 29.8 Å². The average Bonchev–Trinajstić information content (AvgIpc) is 2.58. The first-order valence-electron chi connectivity index (χ1n) is 7.67. The van der Waals surface area contributed by atoms with E-state index < -0.39 is 6.04 Å². The number of amides is 1. The molecule has 0 radical (unpaired) electrons. The third kappa shape index (κ3) is 5.28. The molecular formula is C18H20ClN3O2. The minimum Gasteiger partial charge on any atom is -0.494 e. The van der Waals surface area contributed by atoms with Crippen LogP contribution in [-0.4, -0.2) is 24.8 Å². The van der Waals surface area contributed by atoms with E-state index in [1.54, 1.807) is 13.0 Å². The van der Waals surface area contributed by atoms with Gasteiger partial charge in [-0.05, 0) is 44.2 Å². The third-order valence-electron chi connectivity index (χ3n) is 3.23. The normalized spacial score (nSPS) is 12.0. The summed E-state index contributed by atoms with van der Waals surface area (Å²) < 4.78 is 5.38. The molecule has 2 N–H and O–H groups in total. The molecule has 0 fully saturated rings. The largest absolute Gasteiger partial charge is 0.494 e. The number of nitrogens with one attached hydrogen (secondary N) is 2. The zero-order chi connectivity index (χ0) is 17.4. The number of halogens is 1. The van der Waals surface area contributed by atoms with Crippen LogP contribution in [0.5, 0.6) is 5.75 Å². The molecule has 0 aliphatic carbocycles. The van der Waals surface area contributed by atoms with Crippen LogP contribution in [0.25, 0.3) is 0 Å². The quantitative estimate of drug-likeness (QED) is 0.594. The Bertz CT molecular complexity index is 702. The number of hydrogen-bond acceptors (Lipinski definition) is 4. The molecule has 2 rings (SSSR count). The van der Waals surface area contributed by atoms with Gasteiger partial charge in [-0.15, -0.1) is 0 Å². The van der Waals surface area contributed by atoms with Gasteiger partial charge in [0.05, 0.1) is 12.8 Å². The standard InChI is InChI=1S/C18H20ClN3O2/c1-3-24-16-10-8-15(9-11-16)21-13(2)18(23)22-20-12-14-6-4-5-7-17(14)19/h4-13,21H,3H2,1-2H3,(H,22,23)/b20-12-/t13-/m0/s1. The van der Waals surface area contributed by atoms with Crippen LogP contribution in [0.15, 0.2) is 53.6 Å². The number of hydrogen-bond donors (Lipinski definition) is 2. The van der Waals surface area contributed by atoms with Gasteiger partial charge in [0.25, 0.3) is 5.91 Å². The molecule has 0 saturated heterocycles. The summed E-state index contributed by atoms with van der Waals surface area (Å²) in [6, 6.07) is 14.3. The molecule has 2 aromatic rings. The van der Waals surface area contributed by atoms with Crippen LogP contribution in [0, 0.1) is 0 Å². The van der Waals surface area contributed by atoms with E-state index in [9.17, 15) is 4.79 Å². The molecule has 2 aromatic carbocycles.